The van der Waals surface area contributed by atoms with Crippen LogP contribution in [0, 0.1) is 0 Å². The zero-order valence-electron chi connectivity index (χ0n) is 25.9. The van der Waals surface area contributed by atoms with E-state index < -0.39 is 0 Å². The molecule has 1 amide bonds. The fourth-order valence-corrected chi connectivity index (χ4v) is 7.38. The molecule has 0 spiro atoms. The summed E-state index contributed by atoms with van der Waals surface area (Å²) in [5, 5.41) is 0. The van der Waals surface area contributed by atoms with E-state index in [2.05, 4.69) is 71.9 Å². The van der Waals surface area contributed by atoms with Gasteiger partial charge < -0.3 is 19.1 Å². The number of carbonyl (C=O) groups excluding carboxylic acids is 1. The van der Waals surface area contributed by atoms with Crippen LogP contribution in [0.2, 0.25) is 0 Å². The van der Waals surface area contributed by atoms with Crippen LogP contribution in [0.5, 0.6) is 17.2 Å². The summed E-state index contributed by atoms with van der Waals surface area (Å²) in [6, 6.07) is 12.5. The molecule has 5 nitrogen and oxygen atoms in total. The Hall–Kier alpha value is -3.25. The van der Waals surface area contributed by atoms with Gasteiger partial charge in [-0.3, -0.25) is 4.79 Å². The Kier molecular flexibility index (Phi) is 7.75. The van der Waals surface area contributed by atoms with Gasteiger partial charge in [0.15, 0.2) is 11.5 Å². The lowest BCUT2D eigenvalue weighted by molar-refractivity contribution is 0.0704. The number of benzene rings is 2. The third kappa shape index (κ3) is 5.27. The van der Waals surface area contributed by atoms with Crippen LogP contribution >= 0.6 is 11.3 Å². The summed E-state index contributed by atoms with van der Waals surface area (Å²) in [6.45, 7) is 14.1. The van der Waals surface area contributed by atoms with E-state index in [-0.39, 0.29) is 22.8 Å². The molecule has 0 saturated carbocycles. The maximum atomic E-state index is 14.1. The molecule has 1 aliphatic carbocycles. The number of thiophene rings is 1. The minimum absolute atomic E-state index is 0.0441. The number of amides is 1. The highest BCUT2D eigenvalue weighted by atomic mass is 32.1. The second-order valence-corrected chi connectivity index (χ2v) is 14.0. The van der Waals surface area contributed by atoms with Crippen molar-refractivity contribution in [1.82, 2.24) is 4.90 Å². The number of allylic oxidation sites excluding steroid dienone is 1. The van der Waals surface area contributed by atoms with Crippen LogP contribution in [0.4, 0.5) is 0 Å². The molecule has 5 rings (SSSR count). The maximum absolute atomic E-state index is 14.1. The summed E-state index contributed by atoms with van der Waals surface area (Å²) in [5.74, 6) is 2.31. The lowest BCUT2D eigenvalue weighted by Crippen LogP contribution is -2.39. The van der Waals surface area contributed by atoms with Crippen molar-refractivity contribution < 1.29 is 19.0 Å². The topological polar surface area (TPSA) is 48.0 Å². The fourth-order valence-electron chi connectivity index (χ4n) is 6.39. The molecule has 1 aromatic heterocycles. The molecular weight excluding hydrogens is 530 g/mol. The molecule has 218 valence electrons. The van der Waals surface area contributed by atoms with Crippen LogP contribution < -0.4 is 14.2 Å². The molecular formula is C35H43NO4S. The van der Waals surface area contributed by atoms with Crippen LogP contribution in [0.3, 0.4) is 0 Å². The largest absolute Gasteiger partial charge is 0.496 e. The van der Waals surface area contributed by atoms with E-state index in [4.69, 9.17) is 14.2 Å². The summed E-state index contributed by atoms with van der Waals surface area (Å²) >= 11 is 1.55. The van der Waals surface area contributed by atoms with Gasteiger partial charge in [0.25, 0.3) is 5.91 Å². The van der Waals surface area contributed by atoms with E-state index >= 15 is 0 Å². The first kappa shape index (κ1) is 29.2. The number of methoxy groups -OCH3 is 3. The molecule has 6 heteroatoms. The molecule has 2 heterocycles. The van der Waals surface area contributed by atoms with E-state index in [1.54, 1.807) is 32.7 Å². The Morgan fingerprint density at radius 2 is 1.49 bits per heavy atom. The van der Waals surface area contributed by atoms with Gasteiger partial charge in [0, 0.05) is 17.0 Å². The summed E-state index contributed by atoms with van der Waals surface area (Å²) in [5.41, 5.74) is 7.42. The van der Waals surface area contributed by atoms with Gasteiger partial charge in [0.1, 0.15) is 5.75 Å². The molecule has 0 radical (unpaired) electrons. The zero-order valence-corrected chi connectivity index (χ0v) is 26.8. The molecule has 2 aliphatic rings. The van der Waals surface area contributed by atoms with Gasteiger partial charge in [-0.2, -0.15) is 0 Å². The summed E-state index contributed by atoms with van der Waals surface area (Å²) in [4.78, 5) is 17.9. The maximum Gasteiger partial charge on any atom is 0.264 e. The molecule has 41 heavy (non-hydrogen) atoms. The first-order valence-electron chi connectivity index (χ1n) is 14.4. The Bertz CT molecular complexity index is 1510. The van der Waals surface area contributed by atoms with Gasteiger partial charge in [0.2, 0.25) is 0 Å². The number of hydrogen-bond donors (Lipinski definition) is 0. The lowest BCUT2D eigenvalue weighted by Gasteiger charge is -2.42. The van der Waals surface area contributed by atoms with Gasteiger partial charge in [0.05, 0.1) is 32.2 Å². The number of nitrogens with zero attached hydrogens (tertiary/aromatic N) is 1. The average Bonchev–Trinajstić information content (AvgIpc) is 3.44. The van der Waals surface area contributed by atoms with Crippen LogP contribution in [0.1, 0.15) is 92.4 Å². The highest BCUT2D eigenvalue weighted by Gasteiger charge is 2.38. The van der Waals surface area contributed by atoms with Crippen molar-refractivity contribution in [2.75, 3.05) is 27.9 Å². The highest BCUT2D eigenvalue weighted by Crippen LogP contribution is 2.50. The Morgan fingerprint density at radius 3 is 2.10 bits per heavy atom. The number of ether oxygens (including phenoxy) is 3. The monoisotopic (exact) mass is 573 g/mol. The minimum atomic E-state index is -0.178. The number of hydrogen-bond acceptors (Lipinski definition) is 5. The molecule has 0 bridgehead atoms. The Labute approximate surface area is 249 Å². The van der Waals surface area contributed by atoms with Crippen LogP contribution in [0.25, 0.3) is 10.4 Å². The highest BCUT2D eigenvalue weighted by molar-refractivity contribution is 7.17. The van der Waals surface area contributed by atoms with E-state index in [0.717, 1.165) is 57.2 Å². The van der Waals surface area contributed by atoms with Gasteiger partial charge >= 0.3 is 0 Å². The van der Waals surface area contributed by atoms with E-state index in [9.17, 15) is 4.79 Å². The Balaban J connectivity index is 1.53. The van der Waals surface area contributed by atoms with Gasteiger partial charge in [-0.05, 0) is 103 Å². The SMILES string of the molecule is COc1cc2c(cc1OC)[C@H](C=C(C)C)N(C(=O)c1ccc(-c3cc4c(cc3OC)C(C)(C)CCC4(C)C)s1)CC2. The number of rotatable bonds is 6. The van der Waals surface area contributed by atoms with Crippen LogP contribution in [-0.2, 0) is 17.3 Å². The van der Waals surface area contributed by atoms with Crippen molar-refractivity contribution in [3.63, 3.8) is 0 Å². The molecule has 1 atom stereocenters. The van der Waals surface area contributed by atoms with Crippen LogP contribution in [0.15, 0.2) is 48.0 Å². The first-order chi connectivity index (χ1) is 19.4. The third-order valence-corrected chi connectivity index (χ3v) is 10.0. The molecule has 2 aromatic carbocycles. The lowest BCUT2D eigenvalue weighted by atomic mass is 9.63. The molecule has 0 saturated heterocycles. The fraction of sp³-hybridized carbons (Fsp3) is 0.457. The first-order valence-corrected chi connectivity index (χ1v) is 15.3. The third-order valence-electron chi connectivity index (χ3n) is 8.93. The average molecular weight is 574 g/mol. The van der Waals surface area contributed by atoms with Crippen LogP contribution in [-0.4, -0.2) is 38.7 Å². The molecule has 0 N–H and O–H groups in total. The molecule has 3 aromatic rings. The van der Waals surface area contributed by atoms with E-state index in [0.29, 0.717) is 12.3 Å². The minimum Gasteiger partial charge on any atom is -0.496 e. The van der Waals surface area contributed by atoms with E-state index in [1.807, 2.05) is 17.0 Å². The second-order valence-electron chi connectivity index (χ2n) is 12.9. The van der Waals surface area contributed by atoms with Crippen molar-refractivity contribution in [3.8, 4) is 27.7 Å². The van der Waals surface area contributed by atoms with Gasteiger partial charge in [-0.25, -0.2) is 0 Å². The number of carbonyl (C=O) groups is 1. The predicted molar refractivity (Wildman–Crippen MR) is 168 cm³/mol. The zero-order chi connectivity index (χ0) is 29.7. The number of fused-ring (bicyclic) bond motifs is 2. The summed E-state index contributed by atoms with van der Waals surface area (Å²) in [7, 11) is 5.05. The standard InChI is InChI=1S/C35H43NO4S/c1-21(2)16-27-23-19-30(40-9)29(39-8)17-22(23)12-15-36(27)33(37)32-11-10-31(41-32)24-18-25-26(20-28(24)38-7)35(5,6)14-13-34(25,3)4/h10-11,16-20,27H,12-15H2,1-9H3/t27-/m0/s1. The van der Waals surface area contributed by atoms with Crippen molar-refractivity contribution in [2.45, 2.75) is 77.7 Å². The smallest absolute Gasteiger partial charge is 0.264 e. The molecule has 1 aliphatic heterocycles. The predicted octanol–water partition coefficient (Wildman–Crippen LogP) is 8.50. The summed E-state index contributed by atoms with van der Waals surface area (Å²) < 4.78 is 17.1. The Morgan fingerprint density at radius 1 is 0.878 bits per heavy atom. The summed E-state index contributed by atoms with van der Waals surface area (Å²) in [6.07, 6.45) is 5.23. The van der Waals surface area contributed by atoms with Crippen molar-refractivity contribution >= 4 is 17.2 Å². The molecule has 0 unspecified atom stereocenters. The normalized spacial score (nSPS) is 18.7. The van der Waals surface area contributed by atoms with Crippen molar-refractivity contribution in [1.29, 1.82) is 0 Å². The quantitative estimate of drug-likeness (QED) is 0.278. The van der Waals surface area contributed by atoms with Crippen molar-refractivity contribution in [2.24, 2.45) is 0 Å². The van der Waals surface area contributed by atoms with Gasteiger partial charge in [-0.15, -0.1) is 11.3 Å². The second kappa shape index (κ2) is 10.9. The van der Waals surface area contributed by atoms with Gasteiger partial charge in [-0.1, -0.05) is 39.3 Å². The molecule has 0 fully saturated rings. The van der Waals surface area contributed by atoms with E-state index in [1.165, 1.54) is 16.7 Å². The van der Waals surface area contributed by atoms with Crippen molar-refractivity contribution in [3.05, 3.63) is 75.2 Å².